The van der Waals surface area contributed by atoms with Gasteiger partial charge in [-0.25, -0.2) is 0 Å². The van der Waals surface area contributed by atoms with Crippen LogP contribution < -0.4 is 5.19 Å². The minimum absolute atomic E-state index is 0.265. The van der Waals surface area contributed by atoms with Crippen LogP contribution in [0.15, 0.2) is 224 Å². The summed E-state index contributed by atoms with van der Waals surface area (Å²) >= 11 is 0. The van der Waals surface area contributed by atoms with E-state index in [4.69, 9.17) is 0 Å². The summed E-state index contributed by atoms with van der Waals surface area (Å²) in [5.74, 6) is 0. The second-order valence-electron chi connectivity index (χ2n) is 18.8. The fourth-order valence-electron chi connectivity index (χ4n) is 13.8. The van der Waals surface area contributed by atoms with E-state index >= 15 is 0 Å². The third kappa shape index (κ3) is 5.20. The maximum Gasteiger partial charge on any atom is 0.110 e. The molecule has 0 atom stereocenters. The third-order valence-corrected chi connectivity index (χ3v) is 27.6. The maximum absolute atomic E-state index is 2.85. The molecule has 0 radical (unpaired) electrons. The van der Waals surface area contributed by atoms with Gasteiger partial charge < -0.3 is 0 Å². The minimum atomic E-state index is -2.85. The van der Waals surface area contributed by atoms with Gasteiger partial charge in [0.15, 0.2) is 0 Å². The molecule has 9 aromatic carbocycles. The molecule has 0 saturated carbocycles. The molecule has 0 fully saturated rings. The number of hydrogen-bond donors (Lipinski definition) is 0. The molecular weight excluding hydrogens is 789 g/mol. The molecule has 0 nitrogen and oxygen atoms in total. The van der Waals surface area contributed by atoms with Crippen LogP contribution in [0.1, 0.15) is 66.7 Å². The van der Waals surface area contributed by atoms with E-state index in [-0.39, 0.29) is 11.1 Å². The van der Waals surface area contributed by atoms with Gasteiger partial charge in [-0.15, -0.1) is 0 Å². The minimum Gasteiger partial charge on any atom is -0.0677 e. The first-order chi connectivity index (χ1) is 31.2. The first kappa shape index (κ1) is 37.0. The van der Waals surface area contributed by atoms with Crippen LogP contribution in [0.5, 0.6) is 0 Å². The van der Waals surface area contributed by atoms with Crippen LogP contribution >= 0.6 is 0 Å². The Hall–Kier alpha value is -6.59. The lowest BCUT2D eigenvalue weighted by molar-refractivity contribution is 0.942. The van der Waals surface area contributed by atoms with E-state index < -0.39 is 16.1 Å². The molecular formula is C61H48Si2. The largest absolute Gasteiger partial charge is 0.110 e. The van der Waals surface area contributed by atoms with E-state index in [1.54, 1.807) is 5.19 Å². The molecule has 63 heavy (non-hydrogen) atoms. The highest BCUT2D eigenvalue weighted by Crippen LogP contribution is 2.63. The van der Waals surface area contributed by atoms with Gasteiger partial charge in [0.05, 0.1) is 8.07 Å². The lowest BCUT2D eigenvalue weighted by atomic mass is 10.1. The van der Waals surface area contributed by atoms with E-state index in [1.807, 2.05) is 0 Å². The fraction of sp³-hybridized carbons (Fsp3) is 0.115. The van der Waals surface area contributed by atoms with Gasteiger partial charge in [0.2, 0.25) is 0 Å². The molecule has 300 valence electrons. The topological polar surface area (TPSA) is 0 Å². The van der Waals surface area contributed by atoms with Crippen LogP contribution in [0.3, 0.4) is 0 Å². The molecule has 0 aromatic heterocycles. The van der Waals surface area contributed by atoms with Crippen molar-refractivity contribution in [2.45, 2.75) is 40.8 Å². The molecule has 0 saturated heterocycles. The second-order valence-corrected chi connectivity index (χ2v) is 27.8. The van der Waals surface area contributed by atoms with Gasteiger partial charge in [-0.05, 0) is 89.0 Å². The summed E-state index contributed by atoms with van der Waals surface area (Å²) in [5, 5.41) is 1.58. The lowest BCUT2D eigenvalue weighted by Crippen LogP contribution is -2.60. The van der Waals surface area contributed by atoms with E-state index in [9.17, 15) is 0 Å². The fourth-order valence-corrected chi connectivity index (χ4v) is 28.2. The highest BCUT2D eigenvalue weighted by atomic mass is 28.3. The monoisotopic (exact) mass is 836 g/mol. The summed E-state index contributed by atoms with van der Waals surface area (Å²) in [4.78, 5) is 0. The van der Waals surface area contributed by atoms with Crippen molar-refractivity contribution in [2.75, 3.05) is 0 Å². The normalized spacial score (nSPS) is 14.9. The Morgan fingerprint density at radius 1 is 0.254 bits per heavy atom. The average molecular weight is 837 g/mol. The van der Waals surface area contributed by atoms with E-state index in [1.165, 1.54) is 101 Å². The molecule has 4 aliphatic carbocycles. The summed E-state index contributed by atoms with van der Waals surface area (Å²) in [6.07, 6.45) is 0. The zero-order valence-electron chi connectivity index (χ0n) is 35.6. The van der Waals surface area contributed by atoms with Crippen molar-refractivity contribution in [2.24, 2.45) is 0 Å². The smallest absolute Gasteiger partial charge is 0.0677 e. The quantitative estimate of drug-likeness (QED) is 0.134. The Morgan fingerprint density at radius 3 is 0.746 bits per heavy atom. The molecule has 13 rings (SSSR count). The van der Waals surface area contributed by atoms with Crippen molar-refractivity contribution in [3.8, 4) is 44.5 Å². The number of fused-ring (bicyclic) bond motifs is 12. The van der Waals surface area contributed by atoms with Crippen LogP contribution in [0.4, 0.5) is 0 Å². The molecule has 0 amide bonds. The van der Waals surface area contributed by atoms with E-state index in [0.29, 0.717) is 11.1 Å². The lowest BCUT2D eigenvalue weighted by Gasteiger charge is -2.48. The van der Waals surface area contributed by atoms with Crippen LogP contribution in [0.2, 0.25) is 18.6 Å². The summed E-state index contributed by atoms with van der Waals surface area (Å²) in [7, 11) is -5.42. The van der Waals surface area contributed by atoms with Gasteiger partial charge in [-0.1, -0.05) is 248 Å². The summed E-state index contributed by atoms with van der Waals surface area (Å²) in [5.41, 5.74) is 24.8. The standard InChI is InChI=1S/C61H48Si2/c1-62(58-50-31-13-5-23-42(50)43-24-6-14-32-51(43)58,59-52-33-15-7-25-44(52)45-26-8-16-34-53(45)59)39-40-63(41-21-3-2-4-22-41,60-54-35-17-9-27-46(54)47-28-10-18-36-55(47)60)61-56-37-19-11-29-48(56)49-30-12-20-38-57(49)61/h2-38,58-61H,39-40H2,1H3. The molecule has 0 spiro atoms. The molecule has 0 aliphatic heterocycles. The maximum atomic E-state index is 2.84. The average Bonchev–Trinajstić information content (AvgIpc) is 4.09. The van der Waals surface area contributed by atoms with Crippen molar-refractivity contribution >= 4 is 21.3 Å². The molecule has 0 heterocycles. The third-order valence-electron chi connectivity index (χ3n) is 16.1. The predicted molar refractivity (Wildman–Crippen MR) is 268 cm³/mol. The van der Waals surface area contributed by atoms with Crippen molar-refractivity contribution in [1.82, 2.24) is 0 Å². The Bertz CT molecular complexity index is 2880. The number of hydrogen-bond acceptors (Lipinski definition) is 0. The Morgan fingerprint density at radius 2 is 0.476 bits per heavy atom. The van der Waals surface area contributed by atoms with Gasteiger partial charge >= 0.3 is 0 Å². The van der Waals surface area contributed by atoms with Gasteiger partial charge in [0, 0.05) is 22.2 Å². The highest BCUT2D eigenvalue weighted by molar-refractivity contribution is 6.97. The zero-order valence-corrected chi connectivity index (χ0v) is 37.6. The molecule has 0 N–H and O–H groups in total. The Kier molecular flexibility index (Phi) is 8.35. The van der Waals surface area contributed by atoms with Crippen molar-refractivity contribution in [1.29, 1.82) is 0 Å². The Labute approximate surface area is 373 Å². The van der Waals surface area contributed by atoms with Crippen LogP contribution in [0.25, 0.3) is 44.5 Å². The number of benzene rings is 9. The van der Waals surface area contributed by atoms with E-state index in [2.05, 4.69) is 231 Å². The summed E-state index contributed by atoms with van der Waals surface area (Å²) in [6, 6.07) is 90.2. The first-order valence-electron chi connectivity index (χ1n) is 23.0. The number of rotatable bonds is 8. The first-order valence-corrected chi connectivity index (χ1v) is 28.2. The van der Waals surface area contributed by atoms with Crippen molar-refractivity contribution in [3.05, 3.63) is 269 Å². The molecule has 0 unspecified atom stereocenters. The molecule has 4 aliphatic rings. The predicted octanol–water partition coefficient (Wildman–Crippen LogP) is 14.8. The van der Waals surface area contributed by atoms with Gasteiger partial charge in [-0.2, -0.15) is 0 Å². The Balaban J connectivity index is 1.12. The molecule has 2 heteroatoms. The second kappa shape index (κ2) is 14.2. The van der Waals surface area contributed by atoms with Gasteiger partial charge in [0.25, 0.3) is 0 Å². The summed E-state index contributed by atoms with van der Waals surface area (Å²) < 4.78 is 0. The van der Waals surface area contributed by atoms with Crippen LogP contribution in [-0.2, 0) is 0 Å². The summed E-state index contributed by atoms with van der Waals surface area (Å²) in [6.45, 7) is 2.84. The van der Waals surface area contributed by atoms with Gasteiger partial charge in [0.1, 0.15) is 8.07 Å². The van der Waals surface area contributed by atoms with Crippen molar-refractivity contribution < 1.29 is 0 Å². The van der Waals surface area contributed by atoms with Crippen LogP contribution in [-0.4, -0.2) is 16.1 Å². The molecule has 0 bridgehead atoms. The van der Waals surface area contributed by atoms with Crippen LogP contribution in [0, 0.1) is 0 Å². The van der Waals surface area contributed by atoms with Crippen molar-refractivity contribution in [3.63, 3.8) is 0 Å². The molecule has 9 aromatic rings. The highest BCUT2D eigenvalue weighted by Gasteiger charge is 2.59. The SMILES string of the molecule is C[Si](CC[Si](c1ccccc1)(C1c2ccccc2-c2ccccc21)C1c2ccccc2-c2ccccc21)(C1c2ccccc2-c2ccccc21)C1c2ccccc2-c2ccccc21. The zero-order chi connectivity index (χ0) is 41.7. The van der Waals surface area contributed by atoms with E-state index in [0.717, 1.165) is 0 Å². The van der Waals surface area contributed by atoms with Gasteiger partial charge in [-0.3, -0.25) is 0 Å².